The van der Waals surface area contributed by atoms with Crippen LogP contribution in [-0.2, 0) is 10.0 Å². The largest absolute Gasteiger partial charge is 0.573 e. The van der Waals surface area contributed by atoms with Crippen LogP contribution < -0.4 is 24.7 Å². The van der Waals surface area contributed by atoms with Crippen molar-refractivity contribution >= 4 is 21.4 Å². The number of ether oxygens (including phenoxy) is 3. The maximum Gasteiger partial charge on any atom is 0.573 e. The van der Waals surface area contributed by atoms with Crippen LogP contribution in [-0.4, -0.2) is 29.0 Å². The van der Waals surface area contributed by atoms with Crippen LogP contribution in [0.25, 0.3) is 0 Å². The van der Waals surface area contributed by atoms with Crippen LogP contribution in [0.1, 0.15) is 0 Å². The van der Waals surface area contributed by atoms with E-state index in [1.807, 2.05) is 0 Å². The summed E-state index contributed by atoms with van der Waals surface area (Å²) in [5.41, 5.74) is 0.564. The van der Waals surface area contributed by atoms with Crippen molar-refractivity contribution in [1.82, 2.24) is 0 Å². The second-order valence-electron chi connectivity index (χ2n) is 4.98. The minimum absolute atomic E-state index is 0.131. The number of primary sulfonamides is 1. The smallest absolute Gasteiger partial charge is 0.497 e. The van der Waals surface area contributed by atoms with Gasteiger partial charge in [0.25, 0.3) is 0 Å². The molecule has 3 N–H and O–H groups in total. The Morgan fingerprint density at radius 3 is 2.00 bits per heavy atom. The van der Waals surface area contributed by atoms with Gasteiger partial charge >= 0.3 is 6.36 Å². The van der Waals surface area contributed by atoms with Gasteiger partial charge in [-0.2, -0.15) is 0 Å². The highest BCUT2D eigenvalue weighted by molar-refractivity contribution is 7.89. The number of methoxy groups -OCH3 is 2. The van der Waals surface area contributed by atoms with E-state index in [9.17, 15) is 21.6 Å². The third kappa shape index (κ3) is 5.17. The zero-order valence-electron chi connectivity index (χ0n) is 13.6. The molecule has 0 bridgehead atoms. The van der Waals surface area contributed by atoms with E-state index in [0.717, 1.165) is 12.1 Å². The summed E-state index contributed by atoms with van der Waals surface area (Å²) in [7, 11) is -1.53. The summed E-state index contributed by atoms with van der Waals surface area (Å²) >= 11 is 0. The summed E-state index contributed by atoms with van der Waals surface area (Å²) < 4.78 is 74.5. The van der Waals surface area contributed by atoms with Gasteiger partial charge in [0.2, 0.25) is 10.0 Å². The average molecular weight is 392 g/mol. The van der Waals surface area contributed by atoms with Crippen LogP contribution in [0.3, 0.4) is 0 Å². The Bertz CT molecular complexity index is 878. The third-order valence-corrected chi connectivity index (χ3v) is 4.07. The number of halogens is 3. The van der Waals surface area contributed by atoms with Crippen molar-refractivity contribution in [2.75, 3.05) is 19.5 Å². The normalized spacial score (nSPS) is 11.8. The summed E-state index contributed by atoms with van der Waals surface area (Å²) in [4.78, 5) is -0.788. The summed E-state index contributed by atoms with van der Waals surface area (Å²) in [6.45, 7) is 0. The molecule has 0 atom stereocenters. The zero-order chi connectivity index (χ0) is 19.5. The van der Waals surface area contributed by atoms with Gasteiger partial charge in [-0.1, -0.05) is 0 Å². The molecule has 11 heteroatoms. The van der Waals surface area contributed by atoms with E-state index in [4.69, 9.17) is 14.6 Å². The molecule has 0 aliphatic heterocycles. The Morgan fingerprint density at radius 1 is 0.962 bits per heavy atom. The first-order chi connectivity index (χ1) is 12.0. The highest BCUT2D eigenvalue weighted by Crippen LogP contribution is 2.34. The van der Waals surface area contributed by atoms with Crippen molar-refractivity contribution in [3.8, 4) is 17.2 Å². The Morgan fingerprint density at radius 2 is 1.54 bits per heavy atom. The van der Waals surface area contributed by atoms with Gasteiger partial charge in [-0.15, -0.1) is 13.2 Å². The minimum Gasteiger partial charge on any atom is -0.497 e. The number of nitrogens with one attached hydrogen (secondary N) is 1. The molecule has 2 aromatic carbocycles. The van der Waals surface area contributed by atoms with E-state index >= 15 is 0 Å². The highest BCUT2D eigenvalue weighted by atomic mass is 32.2. The van der Waals surface area contributed by atoms with Gasteiger partial charge in [0.1, 0.15) is 16.4 Å². The maximum atomic E-state index is 12.6. The first-order valence-corrected chi connectivity index (χ1v) is 8.49. The molecule has 0 heterocycles. The second kappa shape index (κ2) is 7.30. The molecule has 7 nitrogen and oxygen atoms in total. The SMILES string of the molecule is COc1cc(Nc2ccc(S(N)(=O)=O)c(OC(F)(F)F)c2)cc(OC)c1. The topological polar surface area (TPSA) is 99.9 Å². The Kier molecular flexibility index (Phi) is 5.52. The molecule has 0 aromatic heterocycles. The highest BCUT2D eigenvalue weighted by Gasteiger charge is 2.33. The lowest BCUT2D eigenvalue weighted by Crippen LogP contribution is -2.21. The Hall–Kier alpha value is -2.66. The van der Waals surface area contributed by atoms with Crippen LogP contribution in [0.4, 0.5) is 24.5 Å². The second-order valence-corrected chi connectivity index (χ2v) is 6.51. The fraction of sp³-hybridized carbons (Fsp3) is 0.200. The van der Waals surface area contributed by atoms with E-state index in [1.165, 1.54) is 20.3 Å². The van der Waals surface area contributed by atoms with Crippen LogP contribution in [0.15, 0.2) is 41.3 Å². The summed E-state index contributed by atoms with van der Waals surface area (Å²) in [6, 6.07) is 7.78. The number of anilines is 2. The zero-order valence-corrected chi connectivity index (χ0v) is 14.4. The molecule has 0 saturated carbocycles. The number of hydrogen-bond acceptors (Lipinski definition) is 6. The quantitative estimate of drug-likeness (QED) is 0.784. The fourth-order valence-corrected chi connectivity index (χ4v) is 2.71. The van der Waals surface area contributed by atoms with Crippen LogP contribution in [0, 0.1) is 0 Å². The van der Waals surface area contributed by atoms with Crippen molar-refractivity contribution in [3.05, 3.63) is 36.4 Å². The van der Waals surface area contributed by atoms with Gasteiger partial charge in [0, 0.05) is 35.6 Å². The number of hydrogen-bond donors (Lipinski definition) is 2. The predicted octanol–water partition coefficient (Wildman–Crippen LogP) is 2.99. The lowest BCUT2D eigenvalue weighted by Gasteiger charge is -2.15. The van der Waals surface area contributed by atoms with Crippen LogP contribution in [0.5, 0.6) is 17.2 Å². The van der Waals surface area contributed by atoms with Gasteiger partial charge < -0.3 is 19.5 Å². The first-order valence-electron chi connectivity index (χ1n) is 6.94. The number of sulfonamides is 1. The molecule has 0 saturated heterocycles. The number of benzene rings is 2. The van der Waals surface area contributed by atoms with Gasteiger partial charge in [0.15, 0.2) is 5.75 Å². The first kappa shape index (κ1) is 19.7. The van der Waals surface area contributed by atoms with E-state index in [2.05, 4.69) is 10.1 Å². The molecule has 0 unspecified atom stereocenters. The third-order valence-electron chi connectivity index (χ3n) is 3.12. The van der Waals surface area contributed by atoms with Crippen molar-refractivity contribution in [1.29, 1.82) is 0 Å². The van der Waals surface area contributed by atoms with Crippen molar-refractivity contribution in [3.63, 3.8) is 0 Å². The molecule has 0 aliphatic carbocycles. The molecule has 2 rings (SSSR count). The van der Waals surface area contributed by atoms with Crippen LogP contribution >= 0.6 is 0 Å². The van der Waals surface area contributed by atoms with Gasteiger partial charge in [-0.25, -0.2) is 13.6 Å². The van der Waals surface area contributed by atoms with Crippen molar-refractivity contribution in [2.45, 2.75) is 11.3 Å². The fourth-order valence-electron chi connectivity index (χ4n) is 2.07. The van der Waals surface area contributed by atoms with Crippen molar-refractivity contribution in [2.24, 2.45) is 5.14 Å². The number of rotatable bonds is 6. The summed E-state index contributed by atoms with van der Waals surface area (Å²) in [6.07, 6.45) is -5.09. The maximum absolute atomic E-state index is 12.6. The lowest BCUT2D eigenvalue weighted by atomic mass is 10.2. The predicted molar refractivity (Wildman–Crippen MR) is 87.3 cm³/mol. The van der Waals surface area contributed by atoms with Gasteiger partial charge in [-0.05, 0) is 12.1 Å². The van der Waals surface area contributed by atoms with E-state index < -0.39 is 27.0 Å². The minimum atomic E-state index is -5.09. The molecule has 0 aliphatic rings. The van der Waals surface area contributed by atoms with Crippen LogP contribution in [0.2, 0.25) is 0 Å². The summed E-state index contributed by atoms with van der Waals surface area (Å²) in [5, 5.41) is 7.74. The average Bonchev–Trinajstić information content (AvgIpc) is 2.51. The van der Waals surface area contributed by atoms with Crippen molar-refractivity contribution < 1.29 is 35.8 Å². The lowest BCUT2D eigenvalue weighted by molar-refractivity contribution is -0.275. The monoisotopic (exact) mass is 392 g/mol. The Labute approximate surface area is 147 Å². The summed E-state index contributed by atoms with van der Waals surface area (Å²) in [5.74, 6) is -0.0561. The molecule has 0 fully saturated rings. The Balaban J connectivity index is 2.43. The molecule has 0 amide bonds. The van der Waals surface area contributed by atoms with E-state index in [-0.39, 0.29) is 5.69 Å². The molecule has 0 spiro atoms. The van der Waals surface area contributed by atoms with E-state index in [1.54, 1.807) is 18.2 Å². The standard InChI is InChI=1S/C15H15F3N2O5S/c1-23-11-5-10(6-12(8-11)24-2)20-9-3-4-14(26(19,21)22)13(7-9)25-15(16,17)18/h3-8,20H,1-2H3,(H2,19,21,22). The molecule has 0 radical (unpaired) electrons. The molecular formula is C15H15F3N2O5S. The number of nitrogens with two attached hydrogens (primary N) is 1. The molecule has 142 valence electrons. The van der Waals surface area contributed by atoms with Gasteiger partial charge in [-0.3, -0.25) is 0 Å². The molecular weight excluding hydrogens is 377 g/mol. The van der Waals surface area contributed by atoms with Gasteiger partial charge in [0.05, 0.1) is 14.2 Å². The molecule has 2 aromatic rings. The number of alkyl halides is 3. The molecule has 26 heavy (non-hydrogen) atoms. The van der Waals surface area contributed by atoms with E-state index in [0.29, 0.717) is 17.2 Å².